The Bertz CT molecular complexity index is 2810. The van der Waals surface area contributed by atoms with E-state index in [1.807, 2.05) is 0 Å². The summed E-state index contributed by atoms with van der Waals surface area (Å²) in [6.45, 7) is 3.64. The van der Waals surface area contributed by atoms with Crippen LogP contribution in [0, 0.1) is 17.6 Å². The number of rotatable bonds is 13. The number of aromatic nitrogens is 6. The molecule has 2 aromatic carbocycles. The van der Waals surface area contributed by atoms with Gasteiger partial charge in [0.1, 0.15) is 23.9 Å². The second-order valence-electron chi connectivity index (χ2n) is 15.9. The van der Waals surface area contributed by atoms with Gasteiger partial charge in [0.2, 0.25) is 15.9 Å². The van der Waals surface area contributed by atoms with Crippen molar-refractivity contribution in [1.29, 1.82) is 0 Å². The number of carbonyl (C=O) groups is 1. The molecule has 324 valence electrons. The maximum absolute atomic E-state index is 15.7. The molecule has 3 atom stereocenters. The SMILES string of the molecule is CCS(=O)(=O)Nc1nn(C)c2c(-c3cc4sc(NCC(C)(C)O)nc4nc3[C@H](Cc3cc(F)cc(F)c3)NC(=O)Cn3nc(C(F)(F)F)c4c3C(F)(F)[C@@H]3CC[C@H]43)cccc12. The van der Waals surface area contributed by atoms with Crippen LogP contribution in [0.4, 0.5) is 41.7 Å². The van der Waals surface area contributed by atoms with Crippen molar-refractivity contribution in [3.8, 4) is 11.1 Å². The van der Waals surface area contributed by atoms with E-state index in [0.717, 1.165) is 12.1 Å². The number of anilines is 2. The number of nitrogens with zero attached hydrogens (tertiary/aromatic N) is 6. The summed E-state index contributed by atoms with van der Waals surface area (Å²) in [4.78, 5) is 23.5. The van der Waals surface area contributed by atoms with Gasteiger partial charge in [-0.15, -0.1) is 0 Å². The van der Waals surface area contributed by atoms with Crippen LogP contribution < -0.4 is 15.4 Å². The smallest absolute Gasteiger partial charge is 0.389 e. The van der Waals surface area contributed by atoms with E-state index < -0.39 is 86.6 Å². The number of fused-ring (bicyclic) bond motifs is 5. The number of benzene rings is 2. The molecular weight excluding hydrogens is 856 g/mol. The van der Waals surface area contributed by atoms with Crippen LogP contribution >= 0.6 is 11.3 Å². The van der Waals surface area contributed by atoms with Crippen molar-refractivity contribution in [3.63, 3.8) is 0 Å². The van der Waals surface area contributed by atoms with Crippen molar-refractivity contribution in [2.75, 3.05) is 22.3 Å². The molecular formula is C39H38F7N9O4S2. The Kier molecular flexibility index (Phi) is 10.4. The minimum absolute atomic E-state index is 0.0000356. The molecule has 22 heteroatoms. The molecule has 1 fully saturated rings. The average molecular weight is 894 g/mol. The highest BCUT2D eigenvalue weighted by molar-refractivity contribution is 7.92. The summed E-state index contributed by atoms with van der Waals surface area (Å²) in [6.07, 6.45) is -5.34. The molecule has 4 N–H and O–H groups in total. The van der Waals surface area contributed by atoms with Gasteiger partial charge in [-0.05, 0) is 75.8 Å². The topological polar surface area (TPSA) is 169 Å². The van der Waals surface area contributed by atoms with Crippen molar-refractivity contribution in [2.45, 2.75) is 76.2 Å². The van der Waals surface area contributed by atoms with Crippen LogP contribution in [0.2, 0.25) is 0 Å². The second-order valence-corrected chi connectivity index (χ2v) is 18.9. The maximum Gasteiger partial charge on any atom is 0.435 e. The minimum atomic E-state index is -5.08. The number of aliphatic hydroxyl groups is 1. The number of carbonyl (C=O) groups excluding carboxylic acids is 1. The molecule has 2 aliphatic rings. The van der Waals surface area contributed by atoms with Gasteiger partial charge in [0, 0.05) is 47.7 Å². The number of nitrogens with one attached hydrogen (secondary N) is 3. The highest BCUT2D eigenvalue weighted by Gasteiger charge is 2.63. The third-order valence-electron chi connectivity index (χ3n) is 10.9. The van der Waals surface area contributed by atoms with Gasteiger partial charge in [-0.1, -0.05) is 23.5 Å². The number of sulfonamides is 1. The standard InChI is InChI=1S/C39H38F7N9O4S2/c1-5-61(58,59)53-34-23-8-6-7-21(31(23)54(4)52-34)24-15-27-35(50-36(60-27)47-17-37(2,3)57)49-30(24)26(13-18-11-19(40)14-20(41)12-18)48-28(56)16-55-33-29(32(51-55)39(44,45)46)22-9-10-25(22)38(33,42)43/h6-8,11-12,14-15,22,25-26,57H,5,9-10,13,16-17H2,1-4H3,(H,48,56)(H,52,53)(H,47,49,50)/t22-,25+,26-/m0/s1. The lowest BCUT2D eigenvalue weighted by atomic mass is 9.73. The first-order chi connectivity index (χ1) is 28.5. The number of hydrogen-bond acceptors (Lipinski definition) is 10. The monoisotopic (exact) mass is 893 g/mol. The lowest BCUT2D eigenvalue weighted by molar-refractivity contribution is -0.144. The van der Waals surface area contributed by atoms with E-state index in [1.54, 1.807) is 45.2 Å². The van der Waals surface area contributed by atoms with Gasteiger partial charge in [0.25, 0.3) is 5.92 Å². The van der Waals surface area contributed by atoms with Crippen molar-refractivity contribution >= 4 is 59.5 Å². The van der Waals surface area contributed by atoms with Gasteiger partial charge in [-0.25, -0.2) is 27.2 Å². The lowest BCUT2D eigenvalue weighted by Crippen LogP contribution is -2.36. The summed E-state index contributed by atoms with van der Waals surface area (Å²) in [5.41, 5.74) is -2.91. The van der Waals surface area contributed by atoms with Crippen LogP contribution in [-0.2, 0) is 46.9 Å². The van der Waals surface area contributed by atoms with E-state index in [4.69, 9.17) is 4.98 Å². The Hall–Kier alpha value is -5.35. The summed E-state index contributed by atoms with van der Waals surface area (Å²) in [7, 11) is -2.22. The van der Waals surface area contributed by atoms with Crippen molar-refractivity contribution < 1.29 is 49.1 Å². The number of aryl methyl sites for hydroxylation is 1. The van der Waals surface area contributed by atoms with E-state index in [-0.39, 0.29) is 54.3 Å². The normalized spacial score (nSPS) is 17.9. The summed E-state index contributed by atoms with van der Waals surface area (Å²) in [6, 6.07) is 7.92. The zero-order chi connectivity index (χ0) is 44.0. The van der Waals surface area contributed by atoms with E-state index in [1.165, 1.54) is 22.9 Å². The molecule has 4 aromatic heterocycles. The fourth-order valence-corrected chi connectivity index (χ4v) is 9.52. The number of thiazole rings is 1. The Morgan fingerprint density at radius 1 is 1.05 bits per heavy atom. The predicted molar refractivity (Wildman–Crippen MR) is 213 cm³/mol. The fraction of sp³-hybridized carbons (Fsp3) is 0.410. The molecule has 0 aliphatic heterocycles. The largest absolute Gasteiger partial charge is 0.435 e. The molecule has 1 amide bonds. The van der Waals surface area contributed by atoms with Crippen LogP contribution in [0.1, 0.15) is 73.8 Å². The zero-order valence-electron chi connectivity index (χ0n) is 32.8. The summed E-state index contributed by atoms with van der Waals surface area (Å²) >= 11 is 1.17. The van der Waals surface area contributed by atoms with Crippen LogP contribution in [0.5, 0.6) is 0 Å². The molecule has 0 bridgehead atoms. The Morgan fingerprint density at radius 3 is 2.41 bits per heavy atom. The Morgan fingerprint density at radius 2 is 1.77 bits per heavy atom. The van der Waals surface area contributed by atoms with E-state index in [9.17, 15) is 40.3 Å². The second kappa shape index (κ2) is 14.9. The molecule has 0 unspecified atom stereocenters. The van der Waals surface area contributed by atoms with Gasteiger partial charge >= 0.3 is 6.18 Å². The maximum atomic E-state index is 15.7. The molecule has 4 heterocycles. The molecule has 1 saturated carbocycles. The van der Waals surface area contributed by atoms with Gasteiger partial charge in [0.05, 0.1) is 33.3 Å². The van der Waals surface area contributed by atoms with Crippen LogP contribution in [-0.4, -0.2) is 66.9 Å². The van der Waals surface area contributed by atoms with Gasteiger partial charge in [-0.2, -0.15) is 32.1 Å². The van der Waals surface area contributed by atoms with E-state index in [0.29, 0.717) is 42.6 Å². The van der Waals surface area contributed by atoms with Crippen LogP contribution in [0.25, 0.3) is 32.4 Å². The minimum Gasteiger partial charge on any atom is -0.389 e. The summed E-state index contributed by atoms with van der Waals surface area (Å²) in [5.74, 6) is -9.31. The van der Waals surface area contributed by atoms with E-state index >= 15 is 8.78 Å². The molecule has 2 aliphatic carbocycles. The number of amides is 1. The number of hydrogen-bond donors (Lipinski definition) is 4. The van der Waals surface area contributed by atoms with Crippen LogP contribution in [0.15, 0.2) is 42.5 Å². The average Bonchev–Trinajstić information content (AvgIpc) is 3.84. The zero-order valence-corrected chi connectivity index (χ0v) is 34.5. The molecule has 13 nitrogen and oxygen atoms in total. The molecule has 61 heavy (non-hydrogen) atoms. The Labute approximate surface area is 347 Å². The highest BCUT2D eigenvalue weighted by Crippen LogP contribution is 2.64. The van der Waals surface area contributed by atoms with Crippen molar-refractivity contribution in [1.82, 2.24) is 34.8 Å². The van der Waals surface area contributed by atoms with Crippen LogP contribution in [0.3, 0.4) is 0 Å². The molecule has 0 saturated heterocycles. The van der Waals surface area contributed by atoms with Gasteiger partial charge in [0.15, 0.2) is 22.3 Å². The molecule has 0 spiro atoms. The predicted octanol–water partition coefficient (Wildman–Crippen LogP) is 7.38. The Balaban J connectivity index is 1.28. The highest BCUT2D eigenvalue weighted by atomic mass is 32.2. The fourth-order valence-electron chi connectivity index (χ4n) is 8.09. The third kappa shape index (κ3) is 8.00. The first-order valence-corrected chi connectivity index (χ1v) is 21.5. The lowest BCUT2D eigenvalue weighted by Gasteiger charge is -2.34. The van der Waals surface area contributed by atoms with Crippen molar-refractivity contribution in [2.24, 2.45) is 13.0 Å². The number of halogens is 7. The quantitative estimate of drug-likeness (QED) is 0.0865. The van der Waals surface area contributed by atoms with E-state index in [2.05, 4.69) is 30.5 Å². The first kappa shape index (κ1) is 42.3. The first-order valence-electron chi connectivity index (χ1n) is 19.1. The summed E-state index contributed by atoms with van der Waals surface area (Å²) < 4.78 is 133. The number of para-hydroxylation sites is 1. The van der Waals surface area contributed by atoms with Gasteiger partial charge < -0.3 is 15.7 Å². The molecule has 6 aromatic rings. The molecule has 0 radical (unpaired) electrons. The van der Waals surface area contributed by atoms with Gasteiger partial charge in [-0.3, -0.25) is 18.9 Å². The summed E-state index contributed by atoms with van der Waals surface area (Å²) in [5, 5.41) is 24.7. The number of alkyl halides is 5. The number of pyridine rings is 1. The van der Waals surface area contributed by atoms with Crippen molar-refractivity contribution in [3.05, 3.63) is 82.3 Å². The third-order valence-corrected chi connectivity index (χ3v) is 13.1. The molecule has 8 rings (SSSR count).